The summed E-state index contributed by atoms with van der Waals surface area (Å²) in [4.78, 5) is 17.4. The van der Waals surface area contributed by atoms with E-state index >= 15 is 0 Å². The molecule has 0 spiro atoms. The van der Waals surface area contributed by atoms with Crippen molar-refractivity contribution in [1.29, 1.82) is 0 Å². The standard InChI is InChI=1S/C19H26FN3O2/c1-13-4-6-23(7-5-13)12-16(24)11-22-19(25)8-14-10-21-18-3-2-15(20)9-17(14)18/h2-3,9-10,13,16,21,24H,4-8,11-12H2,1H3,(H,22,25). The number of aliphatic hydroxyl groups is 1. The third kappa shape index (κ3) is 4.80. The van der Waals surface area contributed by atoms with Crippen LogP contribution in [0, 0.1) is 11.7 Å². The number of rotatable bonds is 6. The summed E-state index contributed by atoms with van der Waals surface area (Å²) in [6.45, 7) is 5.09. The van der Waals surface area contributed by atoms with Gasteiger partial charge in [0.1, 0.15) is 5.82 Å². The summed E-state index contributed by atoms with van der Waals surface area (Å²) in [6.07, 6.45) is 3.65. The highest BCUT2D eigenvalue weighted by Gasteiger charge is 2.18. The normalized spacial score (nSPS) is 17.7. The van der Waals surface area contributed by atoms with Crippen LogP contribution in [0.1, 0.15) is 25.3 Å². The average molecular weight is 347 g/mol. The van der Waals surface area contributed by atoms with E-state index in [9.17, 15) is 14.3 Å². The number of nitrogens with zero attached hydrogens (tertiary/aromatic N) is 1. The van der Waals surface area contributed by atoms with Crippen LogP contribution in [-0.2, 0) is 11.2 Å². The minimum atomic E-state index is -0.572. The fourth-order valence-electron chi connectivity index (χ4n) is 3.37. The maximum Gasteiger partial charge on any atom is 0.224 e. The number of hydrogen-bond donors (Lipinski definition) is 3. The average Bonchev–Trinajstić information content (AvgIpc) is 2.97. The Morgan fingerprint density at radius 2 is 2.20 bits per heavy atom. The van der Waals surface area contributed by atoms with Gasteiger partial charge in [-0.3, -0.25) is 4.79 Å². The van der Waals surface area contributed by atoms with Gasteiger partial charge in [0.25, 0.3) is 0 Å². The van der Waals surface area contributed by atoms with Gasteiger partial charge in [-0.05, 0) is 55.6 Å². The molecule has 1 aromatic heterocycles. The molecule has 1 saturated heterocycles. The molecule has 0 bridgehead atoms. The van der Waals surface area contributed by atoms with Gasteiger partial charge in [0, 0.05) is 30.2 Å². The number of benzene rings is 1. The second kappa shape index (κ2) is 7.97. The van der Waals surface area contributed by atoms with Crippen LogP contribution >= 0.6 is 0 Å². The molecule has 1 aliphatic heterocycles. The van der Waals surface area contributed by atoms with Gasteiger partial charge in [0.05, 0.1) is 12.5 Å². The van der Waals surface area contributed by atoms with E-state index in [-0.39, 0.29) is 24.7 Å². The number of nitrogens with one attached hydrogen (secondary N) is 2. The Kier molecular flexibility index (Phi) is 5.71. The van der Waals surface area contributed by atoms with Crippen LogP contribution in [0.25, 0.3) is 10.9 Å². The second-order valence-corrected chi connectivity index (χ2v) is 7.12. The van der Waals surface area contributed by atoms with Crippen LogP contribution < -0.4 is 5.32 Å². The molecular weight excluding hydrogens is 321 g/mol. The van der Waals surface area contributed by atoms with E-state index in [1.54, 1.807) is 12.3 Å². The summed E-state index contributed by atoms with van der Waals surface area (Å²) < 4.78 is 13.4. The van der Waals surface area contributed by atoms with Gasteiger partial charge < -0.3 is 20.3 Å². The van der Waals surface area contributed by atoms with Gasteiger partial charge in [-0.1, -0.05) is 6.92 Å². The number of H-pyrrole nitrogens is 1. The molecule has 1 amide bonds. The number of carbonyl (C=O) groups excluding carboxylic acids is 1. The summed E-state index contributed by atoms with van der Waals surface area (Å²) in [5.74, 6) is 0.269. The Labute approximate surface area is 147 Å². The van der Waals surface area contributed by atoms with Gasteiger partial charge >= 0.3 is 0 Å². The Morgan fingerprint density at radius 3 is 2.96 bits per heavy atom. The molecule has 3 rings (SSSR count). The highest BCUT2D eigenvalue weighted by Crippen LogP contribution is 2.20. The number of carbonyl (C=O) groups is 1. The first kappa shape index (κ1) is 17.9. The first-order valence-electron chi connectivity index (χ1n) is 8.94. The van der Waals surface area contributed by atoms with Crippen LogP contribution in [0.15, 0.2) is 24.4 Å². The molecular formula is C19H26FN3O2. The second-order valence-electron chi connectivity index (χ2n) is 7.12. The summed E-state index contributed by atoms with van der Waals surface area (Å²) in [6, 6.07) is 4.48. The Morgan fingerprint density at radius 1 is 1.44 bits per heavy atom. The molecule has 0 radical (unpaired) electrons. The molecule has 1 atom stereocenters. The molecule has 2 aromatic rings. The van der Waals surface area contributed by atoms with E-state index in [0.717, 1.165) is 48.3 Å². The zero-order valence-corrected chi connectivity index (χ0v) is 14.6. The molecule has 136 valence electrons. The molecule has 1 fully saturated rings. The Balaban J connectivity index is 1.46. The molecule has 0 aliphatic carbocycles. The smallest absolute Gasteiger partial charge is 0.224 e. The lowest BCUT2D eigenvalue weighted by molar-refractivity contribution is -0.120. The first-order chi connectivity index (χ1) is 12.0. The van der Waals surface area contributed by atoms with Crippen molar-refractivity contribution in [3.05, 3.63) is 35.8 Å². The van der Waals surface area contributed by atoms with Gasteiger partial charge in [0.15, 0.2) is 0 Å². The fourth-order valence-corrected chi connectivity index (χ4v) is 3.37. The van der Waals surface area contributed by atoms with Gasteiger partial charge in [-0.2, -0.15) is 0 Å². The molecule has 25 heavy (non-hydrogen) atoms. The predicted molar refractivity (Wildman–Crippen MR) is 95.8 cm³/mol. The number of aliphatic hydroxyl groups excluding tert-OH is 1. The molecule has 6 heteroatoms. The monoisotopic (exact) mass is 347 g/mol. The highest BCUT2D eigenvalue weighted by molar-refractivity contribution is 5.88. The van der Waals surface area contributed by atoms with E-state index in [4.69, 9.17) is 0 Å². The number of likely N-dealkylation sites (tertiary alicyclic amines) is 1. The molecule has 2 heterocycles. The van der Waals surface area contributed by atoms with Crippen molar-refractivity contribution < 1.29 is 14.3 Å². The fraction of sp³-hybridized carbons (Fsp3) is 0.526. The minimum Gasteiger partial charge on any atom is -0.390 e. The molecule has 5 nitrogen and oxygen atoms in total. The van der Waals surface area contributed by atoms with Gasteiger partial charge in [0.2, 0.25) is 5.91 Å². The first-order valence-corrected chi connectivity index (χ1v) is 8.94. The number of aromatic nitrogens is 1. The number of fused-ring (bicyclic) bond motifs is 1. The topological polar surface area (TPSA) is 68.4 Å². The summed E-state index contributed by atoms with van der Waals surface area (Å²) in [5, 5.41) is 13.6. The SMILES string of the molecule is CC1CCN(CC(O)CNC(=O)Cc2c[nH]c3ccc(F)cc23)CC1. The van der Waals surface area contributed by atoms with Crippen molar-refractivity contribution in [3.63, 3.8) is 0 Å². The van der Waals surface area contributed by atoms with Gasteiger partial charge in [-0.15, -0.1) is 0 Å². The van der Waals surface area contributed by atoms with Crippen molar-refractivity contribution in [2.24, 2.45) is 5.92 Å². The molecule has 3 N–H and O–H groups in total. The van der Waals surface area contributed by atoms with Crippen LogP contribution in [0.5, 0.6) is 0 Å². The molecule has 1 unspecified atom stereocenters. The van der Waals surface area contributed by atoms with Crippen LogP contribution in [0.4, 0.5) is 4.39 Å². The highest BCUT2D eigenvalue weighted by atomic mass is 19.1. The van der Waals surface area contributed by atoms with E-state index < -0.39 is 6.10 Å². The number of aromatic amines is 1. The molecule has 1 aromatic carbocycles. The molecule has 0 saturated carbocycles. The zero-order chi connectivity index (χ0) is 17.8. The maximum absolute atomic E-state index is 13.4. The van der Waals surface area contributed by atoms with E-state index in [1.807, 2.05) is 0 Å². The number of amides is 1. The van der Waals surface area contributed by atoms with Crippen molar-refractivity contribution >= 4 is 16.8 Å². The largest absolute Gasteiger partial charge is 0.390 e. The van der Waals surface area contributed by atoms with Crippen molar-refractivity contribution in [1.82, 2.24) is 15.2 Å². The van der Waals surface area contributed by atoms with E-state index in [2.05, 4.69) is 22.1 Å². The van der Waals surface area contributed by atoms with E-state index in [0.29, 0.717) is 6.54 Å². The number of piperidine rings is 1. The maximum atomic E-state index is 13.4. The zero-order valence-electron chi connectivity index (χ0n) is 14.6. The quantitative estimate of drug-likeness (QED) is 0.749. The van der Waals surface area contributed by atoms with E-state index in [1.165, 1.54) is 12.1 Å². The molecule has 1 aliphatic rings. The number of β-amino-alcohol motifs (C(OH)–C–C–N with tert-alkyl or cyclic N) is 1. The van der Waals surface area contributed by atoms with Crippen LogP contribution in [0.3, 0.4) is 0 Å². The van der Waals surface area contributed by atoms with Crippen LogP contribution in [-0.4, -0.2) is 53.2 Å². The van der Waals surface area contributed by atoms with Crippen molar-refractivity contribution in [3.8, 4) is 0 Å². The third-order valence-electron chi connectivity index (χ3n) is 4.96. The van der Waals surface area contributed by atoms with Crippen molar-refractivity contribution in [2.75, 3.05) is 26.2 Å². The predicted octanol–water partition coefficient (Wildman–Crippen LogP) is 2.06. The van der Waals surface area contributed by atoms with Gasteiger partial charge in [-0.25, -0.2) is 4.39 Å². The summed E-state index contributed by atoms with van der Waals surface area (Å²) in [7, 11) is 0. The summed E-state index contributed by atoms with van der Waals surface area (Å²) >= 11 is 0. The number of hydrogen-bond acceptors (Lipinski definition) is 3. The third-order valence-corrected chi connectivity index (χ3v) is 4.96. The lowest BCUT2D eigenvalue weighted by Gasteiger charge is -2.31. The van der Waals surface area contributed by atoms with Crippen molar-refractivity contribution in [2.45, 2.75) is 32.3 Å². The Hall–Kier alpha value is -1.92. The number of halogens is 1. The Bertz CT molecular complexity index is 723. The van der Waals surface area contributed by atoms with Crippen LogP contribution in [0.2, 0.25) is 0 Å². The summed E-state index contributed by atoms with van der Waals surface area (Å²) in [5.41, 5.74) is 1.56. The minimum absolute atomic E-state index is 0.164. The lowest BCUT2D eigenvalue weighted by atomic mass is 9.99. The lowest BCUT2D eigenvalue weighted by Crippen LogP contribution is -2.43.